The lowest BCUT2D eigenvalue weighted by molar-refractivity contribution is -0.133. The molecule has 8 heteroatoms. The van der Waals surface area contributed by atoms with Crippen molar-refractivity contribution in [1.82, 2.24) is 9.80 Å². The maximum Gasteiger partial charge on any atom is 0.239 e. The minimum absolute atomic E-state index is 0.00678. The summed E-state index contributed by atoms with van der Waals surface area (Å²) in [5, 5.41) is 1.95. The van der Waals surface area contributed by atoms with E-state index < -0.39 is 17.8 Å². The van der Waals surface area contributed by atoms with Gasteiger partial charge in [0.15, 0.2) is 0 Å². The second kappa shape index (κ2) is 8.55. The summed E-state index contributed by atoms with van der Waals surface area (Å²) in [6.07, 6.45) is 0. The predicted molar refractivity (Wildman–Crippen MR) is 99.5 cm³/mol. The third kappa shape index (κ3) is 5.35. The van der Waals surface area contributed by atoms with Gasteiger partial charge >= 0.3 is 0 Å². The van der Waals surface area contributed by atoms with Crippen LogP contribution in [0.1, 0.15) is 16.5 Å². The van der Waals surface area contributed by atoms with Crippen LogP contribution >= 0.6 is 27.3 Å². The number of nitrogens with zero attached hydrogens (tertiary/aromatic N) is 2. The van der Waals surface area contributed by atoms with Crippen molar-refractivity contribution in [3.05, 3.63) is 56.4 Å². The van der Waals surface area contributed by atoms with E-state index in [0.717, 1.165) is 9.35 Å². The minimum Gasteiger partial charge on any atom is -0.368 e. The lowest BCUT2D eigenvalue weighted by Gasteiger charge is -2.27. The standard InChI is InChI=1S/C17H19BrFN3O2S/c1-21(8-14-7-12(18)10-25-14)15(23)9-22(2)16(17(20)24)11-4-3-5-13(19)6-11/h3-7,10,16H,8-9H2,1-2H3,(H2,20,24). The Morgan fingerprint density at radius 2 is 2.04 bits per heavy atom. The second-order valence-electron chi connectivity index (χ2n) is 5.76. The fourth-order valence-corrected chi connectivity index (χ4v) is 4.00. The zero-order valence-corrected chi connectivity index (χ0v) is 16.3. The number of hydrogen-bond acceptors (Lipinski definition) is 4. The van der Waals surface area contributed by atoms with Crippen molar-refractivity contribution < 1.29 is 14.0 Å². The summed E-state index contributed by atoms with van der Waals surface area (Å²) >= 11 is 4.94. The molecule has 0 saturated carbocycles. The summed E-state index contributed by atoms with van der Waals surface area (Å²) < 4.78 is 14.4. The lowest BCUT2D eigenvalue weighted by atomic mass is 10.0. The zero-order valence-electron chi connectivity index (χ0n) is 13.9. The van der Waals surface area contributed by atoms with Gasteiger partial charge in [0.1, 0.15) is 11.9 Å². The van der Waals surface area contributed by atoms with Crippen LogP contribution in [0.4, 0.5) is 4.39 Å². The summed E-state index contributed by atoms with van der Waals surface area (Å²) in [6, 6.07) is 6.76. The highest BCUT2D eigenvalue weighted by atomic mass is 79.9. The fraction of sp³-hybridized carbons (Fsp3) is 0.294. The molecule has 0 fully saturated rings. The Hall–Kier alpha value is -1.77. The highest BCUT2D eigenvalue weighted by molar-refractivity contribution is 9.10. The molecule has 0 spiro atoms. The average Bonchev–Trinajstić information content (AvgIpc) is 2.92. The molecule has 2 N–H and O–H groups in total. The average molecular weight is 428 g/mol. The Balaban J connectivity index is 2.05. The summed E-state index contributed by atoms with van der Waals surface area (Å²) in [5.74, 6) is -1.25. The highest BCUT2D eigenvalue weighted by Gasteiger charge is 2.26. The normalized spacial score (nSPS) is 12.2. The number of primary amides is 1. The summed E-state index contributed by atoms with van der Waals surface area (Å²) in [4.78, 5) is 28.4. The molecule has 0 saturated heterocycles. The molecule has 0 aliphatic heterocycles. The molecule has 5 nitrogen and oxygen atoms in total. The quantitative estimate of drug-likeness (QED) is 0.738. The van der Waals surface area contributed by atoms with Crippen LogP contribution < -0.4 is 5.73 Å². The van der Waals surface area contributed by atoms with Gasteiger partial charge in [-0.25, -0.2) is 4.39 Å². The van der Waals surface area contributed by atoms with Gasteiger partial charge in [0.2, 0.25) is 11.8 Å². The maximum absolute atomic E-state index is 13.4. The van der Waals surface area contributed by atoms with Gasteiger partial charge in [-0.2, -0.15) is 0 Å². The van der Waals surface area contributed by atoms with Gasteiger partial charge in [0, 0.05) is 21.8 Å². The first-order valence-corrected chi connectivity index (χ1v) is 9.17. The van der Waals surface area contributed by atoms with E-state index in [9.17, 15) is 14.0 Å². The SMILES string of the molecule is CN(Cc1cc(Br)cs1)C(=O)CN(C)C(C(N)=O)c1cccc(F)c1. The van der Waals surface area contributed by atoms with Crippen molar-refractivity contribution in [3.8, 4) is 0 Å². The molecule has 1 atom stereocenters. The van der Waals surface area contributed by atoms with Crippen LogP contribution in [0.5, 0.6) is 0 Å². The summed E-state index contributed by atoms with van der Waals surface area (Å²) in [5.41, 5.74) is 5.89. The molecular formula is C17H19BrFN3O2S. The Morgan fingerprint density at radius 1 is 1.32 bits per heavy atom. The van der Waals surface area contributed by atoms with Gasteiger partial charge in [-0.1, -0.05) is 12.1 Å². The smallest absolute Gasteiger partial charge is 0.239 e. The van der Waals surface area contributed by atoms with E-state index in [1.54, 1.807) is 36.4 Å². The first-order valence-electron chi connectivity index (χ1n) is 7.50. The molecule has 2 amide bonds. The van der Waals surface area contributed by atoms with Crippen molar-refractivity contribution in [2.75, 3.05) is 20.6 Å². The molecule has 1 unspecified atom stereocenters. The van der Waals surface area contributed by atoms with Crippen molar-refractivity contribution in [2.45, 2.75) is 12.6 Å². The number of nitrogens with two attached hydrogens (primary N) is 1. The molecule has 1 heterocycles. The molecule has 1 aromatic heterocycles. The molecule has 25 heavy (non-hydrogen) atoms. The summed E-state index contributed by atoms with van der Waals surface area (Å²) in [6.45, 7) is 0.470. The molecule has 0 bridgehead atoms. The Kier molecular flexibility index (Phi) is 6.69. The third-order valence-corrected chi connectivity index (χ3v) is 5.38. The largest absolute Gasteiger partial charge is 0.368 e. The van der Waals surface area contributed by atoms with Gasteiger partial charge < -0.3 is 10.6 Å². The molecule has 1 aromatic carbocycles. The second-order valence-corrected chi connectivity index (χ2v) is 7.67. The van der Waals surface area contributed by atoms with E-state index in [1.165, 1.54) is 23.1 Å². The first-order chi connectivity index (χ1) is 11.8. The van der Waals surface area contributed by atoms with Crippen LogP contribution in [0, 0.1) is 5.82 Å². The van der Waals surface area contributed by atoms with Crippen LogP contribution in [0.2, 0.25) is 0 Å². The lowest BCUT2D eigenvalue weighted by Crippen LogP contribution is -2.42. The van der Waals surface area contributed by atoms with E-state index in [1.807, 2.05) is 11.4 Å². The maximum atomic E-state index is 13.4. The Labute approximate surface area is 158 Å². The van der Waals surface area contributed by atoms with E-state index in [4.69, 9.17) is 5.73 Å². The number of carbonyl (C=O) groups is 2. The predicted octanol–water partition coefficient (Wildman–Crippen LogP) is 2.77. The molecule has 0 aliphatic carbocycles. The van der Waals surface area contributed by atoms with E-state index in [2.05, 4.69) is 15.9 Å². The summed E-state index contributed by atoms with van der Waals surface area (Å²) in [7, 11) is 3.32. The van der Waals surface area contributed by atoms with E-state index in [-0.39, 0.29) is 12.5 Å². The molecular weight excluding hydrogens is 409 g/mol. The number of hydrogen-bond donors (Lipinski definition) is 1. The van der Waals surface area contributed by atoms with Crippen LogP contribution in [-0.4, -0.2) is 42.3 Å². The van der Waals surface area contributed by atoms with Gasteiger partial charge in [0.05, 0.1) is 13.1 Å². The number of rotatable bonds is 7. The molecule has 0 aliphatic rings. The van der Waals surface area contributed by atoms with Gasteiger partial charge in [-0.3, -0.25) is 14.5 Å². The van der Waals surface area contributed by atoms with Crippen LogP contribution in [0.15, 0.2) is 40.2 Å². The number of thiophene rings is 1. The van der Waals surface area contributed by atoms with E-state index >= 15 is 0 Å². The molecule has 2 rings (SSSR count). The van der Waals surface area contributed by atoms with Crippen LogP contribution in [-0.2, 0) is 16.1 Å². The van der Waals surface area contributed by atoms with Crippen LogP contribution in [0.25, 0.3) is 0 Å². The fourth-order valence-electron chi connectivity index (χ4n) is 2.50. The molecule has 134 valence electrons. The van der Waals surface area contributed by atoms with Gasteiger partial charge in [-0.15, -0.1) is 11.3 Å². The Morgan fingerprint density at radius 3 is 2.60 bits per heavy atom. The number of amides is 2. The topological polar surface area (TPSA) is 66.6 Å². The highest BCUT2D eigenvalue weighted by Crippen LogP contribution is 2.22. The number of carbonyl (C=O) groups excluding carboxylic acids is 2. The van der Waals surface area contributed by atoms with Crippen molar-refractivity contribution >= 4 is 39.1 Å². The van der Waals surface area contributed by atoms with E-state index in [0.29, 0.717) is 12.1 Å². The van der Waals surface area contributed by atoms with Crippen molar-refractivity contribution in [3.63, 3.8) is 0 Å². The number of halogens is 2. The van der Waals surface area contributed by atoms with Gasteiger partial charge in [-0.05, 0) is 46.7 Å². The van der Waals surface area contributed by atoms with Crippen LogP contribution in [0.3, 0.4) is 0 Å². The number of benzene rings is 1. The minimum atomic E-state index is -0.871. The zero-order chi connectivity index (χ0) is 18.6. The monoisotopic (exact) mass is 427 g/mol. The third-order valence-electron chi connectivity index (χ3n) is 3.70. The van der Waals surface area contributed by atoms with Gasteiger partial charge in [0.25, 0.3) is 0 Å². The Bertz CT molecular complexity index is 768. The van der Waals surface area contributed by atoms with Crippen molar-refractivity contribution in [2.24, 2.45) is 5.73 Å². The first kappa shape index (κ1) is 19.6. The molecule has 2 aromatic rings. The molecule has 0 radical (unpaired) electrons. The van der Waals surface area contributed by atoms with Crippen molar-refractivity contribution in [1.29, 1.82) is 0 Å². The number of likely N-dealkylation sites (N-methyl/N-ethyl adjacent to an activating group) is 2.